The Morgan fingerprint density at radius 1 is 1.40 bits per heavy atom. The summed E-state index contributed by atoms with van der Waals surface area (Å²) >= 11 is 0. The second-order valence-electron chi connectivity index (χ2n) is 5.53. The molecule has 0 aromatic heterocycles. The van der Waals surface area contributed by atoms with Gasteiger partial charge in [-0.15, -0.1) is 0 Å². The molecule has 1 rings (SSSR count). The zero-order valence-corrected chi connectivity index (χ0v) is 10.6. The molecule has 1 fully saturated rings. The molecule has 0 bridgehead atoms. The number of rotatable bonds is 4. The largest absolute Gasteiger partial charge is 0.389 e. The third kappa shape index (κ3) is 4.49. The third-order valence-electron chi connectivity index (χ3n) is 3.61. The van der Waals surface area contributed by atoms with E-state index in [0.29, 0.717) is 0 Å². The molecule has 15 heavy (non-hydrogen) atoms. The average molecular weight is 214 g/mol. The lowest BCUT2D eigenvalue weighted by atomic mass is 9.95. The van der Waals surface area contributed by atoms with Gasteiger partial charge in [0.2, 0.25) is 0 Å². The number of nitrogens with zero attached hydrogens (tertiary/aromatic N) is 1. The van der Waals surface area contributed by atoms with E-state index < -0.39 is 5.60 Å². The van der Waals surface area contributed by atoms with Crippen molar-refractivity contribution in [1.82, 2.24) is 10.2 Å². The van der Waals surface area contributed by atoms with E-state index in [2.05, 4.69) is 24.2 Å². The van der Waals surface area contributed by atoms with Gasteiger partial charge >= 0.3 is 0 Å². The van der Waals surface area contributed by atoms with Crippen molar-refractivity contribution < 1.29 is 5.11 Å². The molecule has 1 heterocycles. The molecule has 2 N–H and O–H groups in total. The minimum Gasteiger partial charge on any atom is -0.389 e. The molecule has 0 aromatic carbocycles. The van der Waals surface area contributed by atoms with Crippen molar-refractivity contribution in [3.8, 4) is 0 Å². The second kappa shape index (κ2) is 5.28. The number of aliphatic hydroxyl groups is 1. The molecular formula is C12H26N2O. The van der Waals surface area contributed by atoms with Crippen molar-refractivity contribution in [2.45, 2.75) is 45.3 Å². The Labute approximate surface area is 93.9 Å². The van der Waals surface area contributed by atoms with Crippen LogP contribution < -0.4 is 5.32 Å². The molecular weight excluding hydrogens is 188 g/mol. The van der Waals surface area contributed by atoms with Gasteiger partial charge in [-0.05, 0) is 66.2 Å². The van der Waals surface area contributed by atoms with Crippen LogP contribution in [0.1, 0.15) is 33.6 Å². The molecule has 3 nitrogen and oxygen atoms in total. The fourth-order valence-electron chi connectivity index (χ4n) is 1.86. The monoisotopic (exact) mass is 214 g/mol. The van der Waals surface area contributed by atoms with Gasteiger partial charge in [-0.3, -0.25) is 0 Å². The standard InChI is InChI=1S/C12H26N2O/c1-10(12(2,3)15)13-9-11-5-7-14(4)8-6-11/h10-11,13,15H,5-9H2,1-4H3. The number of hydrogen-bond donors (Lipinski definition) is 2. The van der Waals surface area contributed by atoms with E-state index in [1.165, 1.54) is 25.9 Å². The Morgan fingerprint density at radius 2 is 1.93 bits per heavy atom. The average Bonchev–Trinajstić information content (AvgIpc) is 2.15. The molecule has 0 saturated carbocycles. The van der Waals surface area contributed by atoms with E-state index in [0.717, 1.165) is 12.5 Å². The van der Waals surface area contributed by atoms with Crippen molar-refractivity contribution in [1.29, 1.82) is 0 Å². The Bertz CT molecular complexity index is 181. The maximum atomic E-state index is 9.79. The molecule has 1 unspecified atom stereocenters. The molecule has 3 heteroatoms. The van der Waals surface area contributed by atoms with E-state index in [1.54, 1.807) is 0 Å². The van der Waals surface area contributed by atoms with E-state index in [1.807, 2.05) is 13.8 Å². The fraction of sp³-hybridized carbons (Fsp3) is 1.00. The first-order valence-electron chi connectivity index (χ1n) is 6.04. The summed E-state index contributed by atoms with van der Waals surface area (Å²) in [5.74, 6) is 0.783. The number of likely N-dealkylation sites (tertiary alicyclic amines) is 1. The Kier molecular flexibility index (Phi) is 4.56. The zero-order valence-electron chi connectivity index (χ0n) is 10.6. The summed E-state index contributed by atoms with van der Waals surface area (Å²) < 4.78 is 0. The third-order valence-corrected chi connectivity index (χ3v) is 3.61. The molecule has 0 amide bonds. The van der Waals surface area contributed by atoms with Crippen LogP contribution >= 0.6 is 0 Å². The lowest BCUT2D eigenvalue weighted by Crippen LogP contribution is -2.47. The minimum atomic E-state index is -0.620. The summed E-state index contributed by atoms with van der Waals surface area (Å²) in [7, 11) is 2.18. The van der Waals surface area contributed by atoms with Gasteiger partial charge in [-0.25, -0.2) is 0 Å². The smallest absolute Gasteiger partial charge is 0.0741 e. The highest BCUT2D eigenvalue weighted by Gasteiger charge is 2.23. The normalized spacial score (nSPS) is 23.0. The van der Waals surface area contributed by atoms with Crippen molar-refractivity contribution >= 4 is 0 Å². The summed E-state index contributed by atoms with van der Waals surface area (Å²) in [5, 5.41) is 13.2. The number of hydrogen-bond acceptors (Lipinski definition) is 3. The van der Waals surface area contributed by atoms with Crippen LogP contribution in [-0.4, -0.2) is 48.3 Å². The van der Waals surface area contributed by atoms with Gasteiger partial charge in [0.25, 0.3) is 0 Å². The first-order chi connectivity index (χ1) is 6.89. The van der Waals surface area contributed by atoms with Gasteiger partial charge in [-0.1, -0.05) is 0 Å². The predicted molar refractivity (Wildman–Crippen MR) is 64.0 cm³/mol. The fourth-order valence-corrected chi connectivity index (χ4v) is 1.86. The van der Waals surface area contributed by atoms with Crippen LogP contribution in [0.2, 0.25) is 0 Å². The summed E-state index contributed by atoms with van der Waals surface area (Å²) in [6, 6.07) is 0.164. The first-order valence-corrected chi connectivity index (χ1v) is 6.04. The molecule has 90 valence electrons. The van der Waals surface area contributed by atoms with Crippen LogP contribution in [0, 0.1) is 5.92 Å². The van der Waals surface area contributed by atoms with Crippen LogP contribution in [-0.2, 0) is 0 Å². The molecule has 0 aliphatic carbocycles. The summed E-state index contributed by atoms with van der Waals surface area (Å²) in [6.45, 7) is 9.24. The van der Waals surface area contributed by atoms with Crippen LogP contribution in [0.25, 0.3) is 0 Å². The molecule has 0 radical (unpaired) electrons. The minimum absolute atomic E-state index is 0.164. The van der Waals surface area contributed by atoms with E-state index in [-0.39, 0.29) is 6.04 Å². The van der Waals surface area contributed by atoms with Gasteiger partial charge in [0.1, 0.15) is 0 Å². The number of nitrogens with one attached hydrogen (secondary N) is 1. The highest BCUT2D eigenvalue weighted by atomic mass is 16.3. The summed E-state index contributed by atoms with van der Waals surface area (Å²) in [4.78, 5) is 2.38. The summed E-state index contributed by atoms with van der Waals surface area (Å²) in [6.07, 6.45) is 2.56. The maximum Gasteiger partial charge on any atom is 0.0741 e. The Balaban J connectivity index is 2.20. The van der Waals surface area contributed by atoms with Crippen LogP contribution in [0.3, 0.4) is 0 Å². The van der Waals surface area contributed by atoms with Gasteiger partial charge in [0.05, 0.1) is 5.60 Å². The molecule has 1 aliphatic rings. The molecule has 0 aromatic rings. The van der Waals surface area contributed by atoms with Crippen LogP contribution in [0.15, 0.2) is 0 Å². The van der Waals surface area contributed by atoms with E-state index in [9.17, 15) is 5.11 Å². The van der Waals surface area contributed by atoms with E-state index in [4.69, 9.17) is 0 Å². The van der Waals surface area contributed by atoms with Gasteiger partial charge in [-0.2, -0.15) is 0 Å². The van der Waals surface area contributed by atoms with E-state index >= 15 is 0 Å². The molecule has 1 saturated heterocycles. The zero-order chi connectivity index (χ0) is 11.5. The van der Waals surface area contributed by atoms with Gasteiger partial charge in [0, 0.05) is 6.04 Å². The number of piperidine rings is 1. The molecule has 1 aliphatic heterocycles. The van der Waals surface area contributed by atoms with Gasteiger partial charge < -0.3 is 15.3 Å². The highest BCUT2D eigenvalue weighted by molar-refractivity contribution is 4.81. The second-order valence-corrected chi connectivity index (χ2v) is 5.53. The topological polar surface area (TPSA) is 35.5 Å². The van der Waals surface area contributed by atoms with Crippen LogP contribution in [0.5, 0.6) is 0 Å². The summed E-state index contributed by atoms with van der Waals surface area (Å²) in [5.41, 5.74) is -0.620. The quantitative estimate of drug-likeness (QED) is 0.735. The van der Waals surface area contributed by atoms with Crippen LogP contribution in [0.4, 0.5) is 0 Å². The lowest BCUT2D eigenvalue weighted by molar-refractivity contribution is 0.0416. The predicted octanol–water partition coefficient (Wildman–Crippen LogP) is 1.08. The molecule has 0 spiro atoms. The SMILES string of the molecule is CC(NCC1CCN(C)CC1)C(C)(C)O. The van der Waals surface area contributed by atoms with Crippen molar-refractivity contribution in [2.24, 2.45) is 5.92 Å². The van der Waals surface area contributed by atoms with Crippen molar-refractivity contribution in [3.63, 3.8) is 0 Å². The van der Waals surface area contributed by atoms with Gasteiger partial charge in [0.15, 0.2) is 0 Å². The van der Waals surface area contributed by atoms with Crippen molar-refractivity contribution in [2.75, 3.05) is 26.7 Å². The maximum absolute atomic E-state index is 9.79. The highest BCUT2D eigenvalue weighted by Crippen LogP contribution is 2.16. The molecule has 1 atom stereocenters. The Morgan fingerprint density at radius 3 is 2.40 bits per heavy atom. The Hall–Kier alpha value is -0.120. The lowest BCUT2D eigenvalue weighted by Gasteiger charge is -2.32. The van der Waals surface area contributed by atoms with Crippen molar-refractivity contribution in [3.05, 3.63) is 0 Å². The first kappa shape index (κ1) is 12.9.